The van der Waals surface area contributed by atoms with E-state index >= 15 is 0 Å². The van der Waals surface area contributed by atoms with E-state index in [1.54, 1.807) is 6.20 Å². The Morgan fingerprint density at radius 2 is 1.97 bits per heavy atom. The van der Waals surface area contributed by atoms with Crippen LogP contribution in [0, 0.1) is 5.92 Å². The molecule has 0 radical (unpaired) electrons. The molecule has 1 unspecified atom stereocenters. The van der Waals surface area contributed by atoms with Crippen molar-refractivity contribution in [3.63, 3.8) is 0 Å². The molecule has 5 rings (SSSR count). The summed E-state index contributed by atoms with van der Waals surface area (Å²) in [4.78, 5) is 33.8. The predicted octanol–water partition coefficient (Wildman–Crippen LogP) is 2.31. The van der Waals surface area contributed by atoms with Crippen molar-refractivity contribution in [2.45, 2.75) is 38.0 Å². The number of aromatic amines is 1. The normalized spacial score (nSPS) is 21.0. The van der Waals surface area contributed by atoms with Gasteiger partial charge >= 0.3 is 12.1 Å². The Hall–Kier alpha value is -2.82. The molecule has 168 valence electrons. The van der Waals surface area contributed by atoms with Gasteiger partial charge in [-0.2, -0.15) is 13.2 Å². The molecule has 2 aliphatic heterocycles. The van der Waals surface area contributed by atoms with Crippen LogP contribution in [0.2, 0.25) is 0 Å². The van der Waals surface area contributed by atoms with E-state index in [-0.39, 0.29) is 11.9 Å². The Morgan fingerprint density at radius 3 is 2.58 bits per heavy atom. The number of carbonyl (C=O) groups is 2. The van der Waals surface area contributed by atoms with E-state index in [0.717, 1.165) is 50.6 Å². The van der Waals surface area contributed by atoms with Crippen LogP contribution >= 0.6 is 0 Å². The number of nitrogens with one attached hydrogen (secondary N) is 1. The zero-order chi connectivity index (χ0) is 22.2. The Kier molecular flexibility index (Phi) is 5.78. The van der Waals surface area contributed by atoms with E-state index in [0.29, 0.717) is 0 Å². The van der Waals surface area contributed by atoms with Crippen molar-refractivity contribution in [1.29, 1.82) is 0 Å². The maximum Gasteiger partial charge on any atom is 0.490 e. The fourth-order valence-corrected chi connectivity index (χ4v) is 4.13. The number of nitrogens with zero attached hydrogens (tertiary/aromatic N) is 4. The smallest absolute Gasteiger partial charge is 0.475 e. The second kappa shape index (κ2) is 8.37. The summed E-state index contributed by atoms with van der Waals surface area (Å²) >= 11 is 0. The average molecular weight is 439 g/mol. The molecule has 2 fully saturated rings. The van der Waals surface area contributed by atoms with Gasteiger partial charge in [0.15, 0.2) is 0 Å². The van der Waals surface area contributed by atoms with Gasteiger partial charge in [-0.15, -0.1) is 0 Å². The number of piperazine rings is 1. The third-order valence-corrected chi connectivity index (χ3v) is 5.95. The highest BCUT2D eigenvalue weighted by atomic mass is 19.4. The summed E-state index contributed by atoms with van der Waals surface area (Å²) < 4.78 is 34.1. The molecule has 1 saturated carbocycles. The summed E-state index contributed by atoms with van der Waals surface area (Å²) in [5.74, 6) is -1.77. The van der Waals surface area contributed by atoms with Crippen LogP contribution in [-0.2, 0) is 17.8 Å². The third-order valence-electron chi connectivity index (χ3n) is 5.95. The van der Waals surface area contributed by atoms with Crippen molar-refractivity contribution in [2.24, 2.45) is 5.92 Å². The van der Waals surface area contributed by atoms with E-state index in [2.05, 4.69) is 14.5 Å². The molecular weight excluding hydrogens is 415 g/mol. The first-order valence-corrected chi connectivity index (χ1v) is 10.2. The van der Waals surface area contributed by atoms with Crippen molar-refractivity contribution in [1.82, 2.24) is 24.3 Å². The fraction of sp³-hybridized carbons (Fsp3) is 0.550. The SMILES string of the molecule is O=C(O)C(F)(F)F.O=C(c1cc[nH]c1)N1CCN2CCc3c(ncn3CC3CC3)C2C1. The van der Waals surface area contributed by atoms with E-state index in [9.17, 15) is 18.0 Å². The summed E-state index contributed by atoms with van der Waals surface area (Å²) in [5.41, 5.74) is 3.35. The van der Waals surface area contributed by atoms with Gasteiger partial charge in [0.25, 0.3) is 5.91 Å². The molecule has 4 heterocycles. The molecule has 2 aromatic heterocycles. The van der Waals surface area contributed by atoms with Crippen LogP contribution in [0.25, 0.3) is 0 Å². The summed E-state index contributed by atoms with van der Waals surface area (Å²) in [6.45, 7) is 4.70. The maximum atomic E-state index is 12.7. The number of H-pyrrole nitrogens is 1. The fourth-order valence-electron chi connectivity index (χ4n) is 4.13. The van der Waals surface area contributed by atoms with E-state index in [1.165, 1.54) is 24.2 Å². The summed E-state index contributed by atoms with van der Waals surface area (Å²) in [7, 11) is 0. The van der Waals surface area contributed by atoms with Gasteiger partial charge in [0.05, 0.1) is 23.6 Å². The minimum Gasteiger partial charge on any atom is -0.475 e. The number of hydrogen-bond donors (Lipinski definition) is 2. The van der Waals surface area contributed by atoms with E-state index < -0.39 is 12.1 Å². The van der Waals surface area contributed by atoms with Crippen molar-refractivity contribution in [3.05, 3.63) is 41.7 Å². The second-order valence-electron chi connectivity index (χ2n) is 8.13. The molecule has 0 bridgehead atoms. The molecular formula is C20H24F3N5O3. The summed E-state index contributed by atoms with van der Waals surface area (Å²) in [5, 5.41) is 7.12. The van der Waals surface area contributed by atoms with Gasteiger partial charge in [0, 0.05) is 57.2 Å². The van der Waals surface area contributed by atoms with Crippen LogP contribution in [0.4, 0.5) is 13.2 Å². The number of aromatic nitrogens is 3. The van der Waals surface area contributed by atoms with Gasteiger partial charge in [-0.05, 0) is 24.8 Å². The first-order chi connectivity index (χ1) is 14.7. The zero-order valence-electron chi connectivity index (χ0n) is 16.8. The summed E-state index contributed by atoms with van der Waals surface area (Å²) in [6, 6.07) is 2.11. The Morgan fingerprint density at radius 1 is 1.23 bits per heavy atom. The van der Waals surface area contributed by atoms with Crippen LogP contribution in [0.5, 0.6) is 0 Å². The minimum absolute atomic E-state index is 0.125. The molecule has 2 N–H and O–H groups in total. The summed E-state index contributed by atoms with van der Waals surface area (Å²) in [6.07, 6.45) is 4.35. The average Bonchev–Trinajstić information content (AvgIpc) is 3.21. The molecule has 0 aromatic carbocycles. The number of fused-ring (bicyclic) bond motifs is 3. The van der Waals surface area contributed by atoms with Gasteiger partial charge in [-0.3, -0.25) is 9.69 Å². The van der Waals surface area contributed by atoms with Gasteiger partial charge in [-0.1, -0.05) is 0 Å². The van der Waals surface area contributed by atoms with Crippen molar-refractivity contribution in [2.75, 3.05) is 26.2 Å². The number of carboxylic acid groups (broad SMARTS) is 1. The molecule has 11 heteroatoms. The molecule has 0 spiro atoms. The third kappa shape index (κ3) is 4.76. The number of imidazole rings is 1. The van der Waals surface area contributed by atoms with Crippen molar-refractivity contribution >= 4 is 11.9 Å². The highest BCUT2D eigenvalue weighted by molar-refractivity contribution is 5.94. The standard InChI is InChI=1S/C18H23N5O.C2HF3O2/c24-18(14-3-5-19-9-14)22-8-7-21-6-4-15-17(16(21)11-22)20-12-23(15)10-13-1-2-13;3-2(4,5)1(6)7/h3,5,9,12-13,16,19H,1-2,4,6-8,10-11H2;(H,6,7). The molecule has 1 atom stereocenters. The topological polar surface area (TPSA) is 94.5 Å². The van der Waals surface area contributed by atoms with Crippen molar-refractivity contribution < 1.29 is 27.9 Å². The molecule has 8 nitrogen and oxygen atoms in total. The van der Waals surface area contributed by atoms with E-state index in [4.69, 9.17) is 14.9 Å². The molecule has 3 aliphatic rings. The zero-order valence-corrected chi connectivity index (χ0v) is 16.8. The van der Waals surface area contributed by atoms with Crippen molar-refractivity contribution in [3.8, 4) is 0 Å². The van der Waals surface area contributed by atoms with Crippen LogP contribution in [0.15, 0.2) is 24.8 Å². The number of carboxylic acids is 1. The monoisotopic (exact) mass is 439 g/mol. The first kappa shape index (κ1) is 21.4. The highest BCUT2D eigenvalue weighted by Crippen LogP contribution is 2.35. The molecule has 1 aliphatic carbocycles. The number of alkyl halides is 3. The molecule has 1 amide bonds. The molecule has 1 saturated heterocycles. The number of aliphatic carboxylic acids is 1. The van der Waals surface area contributed by atoms with Gasteiger partial charge in [-0.25, -0.2) is 9.78 Å². The minimum atomic E-state index is -5.08. The second-order valence-corrected chi connectivity index (χ2v) is 8.13. The lowest BCUT2D eigenvalue weighted by molar-refractivity contribution is -0.192. The number of carbonyl (C=O) groups excluding carboxylic acids is 1. The maximum absolute atomic E-state index is 12.7. The predicted molar refractivity (Wildman–Crippen MR) is 103 cm³/mol. The number of rotatable bonds is 3. The Labute approximate surface area is 176 Å². The van der Waals surface area contributed by atoms with Crippen LogP contribution < -0.4 is 0 Å². The van der Waals surface area contributed by atoms with Crippen LogP contribution in [0.3, 0.4) is 0 Å². The van der Waals surface area contributed by atoms with Gasteiger partial charge < -0.3 is 19.6 Å². The molecule has 31 heavy (non-hydrogen) atoms. The quantitative estimate of drug-likeness (QED) is 0.766. The largest absolute Gasteiger partial charge is 0.490 e. The number of halogens is 3. The highest BCUT2D eigenvalue weighted by Gasteiger charge is 2.38. The Balaban J connectivity index is 0.000000289. The van der Waals surface area contributed by atoms with Crippen LogP contribution in [-0.4, -0.2) is 73.7 Å². The lowest BCUT2D eigenvalue weighted by atomic mass is 9.99. The Bertz CT molecular complexity index is 937. The lowest BCUT2D eigenvalue weighted by Crippen LogP contribution is -2.52. The number of amides is 1. The van der Waals surface area contributed by atoms with Gasteiger partial charge in [0.1, 0.15) is 0 Å². The lowest BCUT2D eigenvalue weighted by Gasteiger charge is -2.43. The number of hydrogen-bond acceptors (Lipinski definition) is 4. The molecule has 2 aromatic rings. The van der Waals surface area contributed by atoms with Crippen LogP contribution in [0.1, 0.15) is 40.6 Å². The van der Waals surface area contributed by atoms with Gasteiger partial charge in [0.2, 0.25) is 0 Å². The first-order valence-electron chi connectivity index (χ1n) is 10.2. The van der Waals surface area contributed by atoms with E-state index in [1.807, 2.05) is 23.5 Å².